The average Bonchev–Trinajstić information content (AvgIpc) is 2.54. The number of hydrogen-bond donors (Lipinski definition) is 2. The summed E-state index contributed by atoms with van der Waals surface area (Å²) in [4.78, 5) is 6.44. The SMILES string of the molecule is CCOCCNC(=NC)NCCCN(C)c1ccccc1. The van der Waals surface area contributed by atoms with Crippen molar-refractivity contribution in [3.05, 3.63) is 30.3 Å². The summed E-state index contributed by atoms with van der Waals surface area (Å²) in [5.41, 5.74) is 1.25. The molecule has 1 aromatic carbocycles. The second-order valence-corrected chi connectivity index (χ2v) is 4.73. The molecule has 0 aliphatic carbocycles. The van der Waals surface area contributed by atoms with Crippen molar-refractivity contribution in [3.63, 3.8) is 0 Å². The van der Waals surface area contributed by atoms with Crippen LogP contribution in [-0.2, 0) is 4.74 Å². The van der Waals surface area contributed by atoms with E-state index >= 15 is 0 Å². The van der Waals surface area contributed by atoms with Gasteiger partial charge in [0.25, 0.3) is 0 Å². The molecule has 1 aromatic rings. The van der Waals surface area contributed by atoms with E-state index in [1.165, 1.54) is 5.69 Å². The number of guanidine groups is 1. The lowest BCUT2D eigenvalue weighted by Crippen LogP contribution is -2.40. The van der Waals surface area contributed by atoms with Gasteiger partial charge in [-0.1, -0.05) is 18.2 Å². The van der Waals surface area contributed by atoms with Crippen LogP contribution in [0.3, 0.4) is 0 Å². The monoisotopic (exact) mass is 292 g/mol. The van der Waals surface area contributed by atoms with Crippen molar-refractivity contribution in [1.82, 2.24) is 10.6 Å². The molecule has 0 atom stereocenters. The molecule has 5 heteroatoms. The third-order valence-corrected chi connectivity index (χ3v) is 3.13. The average molecular weight is 292 g/mol. The third kappa shape index (κ3) is 7.56. The predicted octanol–water partition coefficient (Wildman–Crippen LogP) is 1.71. The molecule has 0 aliphatic heterocycles. The first-order chi connectivity index (χ1) is 10.3. The molecule has 2 N–H and O–H groups in total. The smallest absolute Gasteiger partial charge is 0.191 e. The highest BCUT2D eigenvalue weighted by molar-refractivity contribution is 5.79. The van der Waals surface area contributed by atoms with E-state index in [-0.39, 0.29) is 0 Å². The number of nitrogens with zero attached hydrogens (tertiary/aromatic N) is 2. The Morgan fingerprint density at radius 1 is 1.19 bits per heavy atom. The van der Waals surface area contributed by atoms with Crippen LogP contribution < -0.4 is 15.5 Å². The van der Waals surface area contributed by atoms with Gasteiger partial charge >= 0.3 is 0 Å². The molecule has 0 bridgehead atoms. The van der Waals surface area contributed by atoms with E-state index in [1.807, 2.05) is 13.0 Å². The summed E-state index contributed by atoms with van der Waals surface area (Å²) in [5.74, 6) is 0.831. The molecule has 0 unspecified atom stereocenters. The number of hydrogen-bond acceptors (Lipinski definition) is 3. The Bertz CT molecular complexity index is 395. The summed E-state index contributed by atoms with van der Waals surface area (Å²) in [6, 6.07) is 10.4. The van der Waals surface area contributed by atoms with E-state index in [0.717, 1.165) is 38.6 Å². The maximum absolute atomic E-state index is 5.28. The first-order valence-electron chi connectivity index (χ1n) is 7.56. The van der Waals surface area contributed by atoms with Crippen LogP contribution in [-0.4, -0.2) is 52.9 Å². The molecule has 0 amide bonds. The van der Waals surface area contributed by atoms with Crippen molar-refractivity contribution in [2.75, 3.05) is 51.8 Å². The maximum atomic E-state index is 5.28. The first-order valence-corrected chi connectivity index (χ1v) is 7.56. The van der Waals surface area contributed by atoms with E-state index in [9.17, 15) is 0 Å². The molecule has 0 aromatic heterocycles. The van der Waals surface area contributed by atoms with Crippen LogP contribution in [0.5, 0.6) is 0 Å². The fraction of sp³-hybridized carbons (Fsp3) is 0.562. The highest BCUT2D eigenvalue weighted by Crippen LogP contribution is 2.10. The molecule has 0 fully saturated rings. The van der Waals surface area contributed by atoms with Gasteiger partial charge in [0.15, 0.2) is 5.96 Å². The number of nitrogens with one attached hydrogen (secondary N) is 2. The largest absolute Gasteiger partial charge is 0.380 e. The summed E-state index contributed by atoms with van der Waals surface area (Å²) in [7, 11) is 3.90. The van der Waals surface area contributed by atoms with Crippen molar-refractivity contribution < 1.29 is 4.74 Å². The van der Waals surface area contributed by atoms with Gasteiger partial charge in [0.1, 0.15) is 0 Å². The fourth-order valence-corrected chi connectivity index (χ4v) is 1.94. The van der Waals surface area contributed by atoms with E-state index in [2.05, 4.69) is 51.8 Å². The number of ether oxygens (including phenoxy) is 1. The molecule has 21 heavy (non-hydrogen) atoms. The zero-order valence-corrected chi connectivity index (χ0v) is 13.4. The topological polar surface area (TPSA) is 48.9 Å². The molecule has 0 aliphatic rings. The molecule has 0 saturated heterocycles. The molecule has 1 rings (SSSR count). The van der Waals surface area contributed by atoms with Gasteiger partial charge in [-0.2, -0.15) is 0 Å². The first kappa shape index (κ1) is 17.3. The molecule has 0 heterocycles. The van der Waals surface area contributed by atoms with Gasteiger partial charge in [-0.3, -0.25) is 4.99 Å². The van der Waals surface area contributed by atoms with E-state index in [4.69, 9.17) is 4.74 Å². The van der Waals surface area contributed by atoms with Crippen LogP contribution in [0, 0.1) is 0 Å². The van der Waals surface area contributed by atoms with Gasteiger partial charge < -0.3 is 20.3 Å². The van der Waals surface area contributed by atoms with E-state index < -0.39 is 0 Å². The van der Waals surface area contributed by atoms with Crippen LogP contribution in [0.2, 0.25) is 0 Å². The zero-order valence-electron chi connectivity index (χ0n) is 13.4. The predicted molar refractivity (Wildman–Crippen MR) is 90.2 cm³/mol. The lowest BCUT2D eigenvalue weighted by molar-refractivity contribution is 0.152. The van der Waals surface area contributed by atoms with Crippen LogP contribution >= 0.6 is 0 Å². The minimum absolute atomic E-state index is 0.702. The number of benzene rings is 1. The quantitative estimate of drug-likeness (QED) is 0.413. The second kappa shape index (κ2) is 11.0. The highest BCUT2D eigenvalue weighted by Gasteiger charge is 2.00. The van der Waals surface area contributed by atoms with E-state index in [1.54, 1.807) is 7.05 Å². The third-order valence-electron chi connectivity index (χ3n) is 3.13. The Kier molecular flexibility index (Phi) is 9.04. The van der Waals surface area contributed by atoms with Crippen molar-refractivity contribution in [1.29, 1.82) is 0 Å². The Hall–Kier alpha value is -1.75. The summed E-state index contributed by atoms with van der Waals surface area (Å²) in [5, 5.41) is 6.53. The van der Waals surface area contributed by atoms with Gasteiger partial charge in [0, 0.05) is 46.0 Å². The Labute approximate surface area is 128 Å². The number of para-hydroxylation sites is 1. The molecule has 0 spiro atoms. The van der Waals surface area contributed by atoms with Gasteiger partial charge in [-0.15, -0.1) is 0 Å². The molecule has 0 radical (unpaired) electrons. The molecule has 5 nitrogen and oxygen atoms in total. The minimum Gasteiger partial charge on any atom is -0.380 e. The molecule has 118 valence electrons. The van der Waals surface area contributed by atoms with Gasteiger partial charge in [-0.05, 0) is 25.5 Å². The Balaban J connectivity index is 2.14. The van der Waals surface area contributed by atoms with Crippen LogP contribution in [0.4, 0.5) is 5.69 Å². The highest BCUT2D eigenvalue weighted by atomic mass is 16.5. The maximum Gasteiger partial charge on any atom is 0.191 e. The Morgan fingerprint density at radius 3 is 2.57 bits per heavy atom. The number of anilines is 1. The summed E-state index contributed by atoms with van der Waals surface area (Å²) < 4.78 is 5.28. The fourth-order valence-electron chi connectivity index (χ4n) is 1.94. The van der Waals surface area contributed by atoms with Crippen molar-refractivity contribution in [3.8, 4) is 0 Å². The van der Waals surface area contributed by atoms with Crippen molar-refractivity contribution in [2.24, 2.45) is 4.99 Å². The van der Waals surface area contributed by atoms with Crippen LogP contribution in [0.15, 0.2) is 35.3 Å². The van der Waals surface area contributed by atoms with Crippen LogP contribution in [0.25, 0.3) is 0 Å². The normalized spacial score (nSPS) is 11.3. The molecular weight excluding hydrogens is 264 g/mol. The van der Waals surface area contributed by atoms with Crippen molar-refractivity contribution >= 4 is 11.6 Å². The van der Waals surface area contributed by atoms with Gasteiger partial charge in [0.2, 0.25) is 0 Å². The van der Waals surface area contributed by atoms with E-state index in [0.29, 0.717) is 6.61 Å². The zero-order chi connectivity index (χ0) is 15.3. The Morgan fingerprint density at radius 2 is 1.90 bits per heavy atom. The van der Waals surface area contributed by atoms with Gasteiger partial charge in [-0.25, -0.2) is 0 Å². The molecule has 0 saturated carbocycles. The van der Waals surface area contributed by atoms with Gasteiger partial charge in [0.05, 0.1) is 6.61 Å². The molecular formula is C16H28N4O. The number of aliphatic imine (C=N–C) groups is 1. The van der Waals surface area contributed by atoms with Crippen molar-refractivity contribution in [2.45, 2.75) is 13.3 Å². The lowest BCUT2D eigenvalue weighted by atomic mass is 10.3. The second-order valence-electron chi connectivity index (χ2n) is 4.73. The minimum atomic E-state index is 0.702. The summed E-state index contributed by atoms with van der Waals surface area (Å²) >= 11 is 0. The summed E-state index contributed by atoms with van der Waals surface area (Å²) in [6.07, 6.45) is 1.05. The van der Waals surface area contributed by atoms with Crippen LogP contribution in [0.1, 0.15) is 13.3 Å². The lowest BCUT2D eigenvalue weighted by Gasteiger charge is -2.19. The standard InChI is InChI=1S/C16H28N4O/c1-4-21-14-12-19-16(17-2)18-11-8-13-20(3)15-9-6-5-7-10-15/h5-7,9-10H,4,8,11-14H2,1-3H3,(H2,17,18,19). The number of rotatable bonds is 9. The summed E-state index contributed by atoms with van der Waals surface area (Å²) in [6.45, 7) is 6.12.